The minimum absolute atomic E-state index is 0.0411. The van der Waals surface area contributed by atoms with Crippen LogP contribution in [-0.2, 0) is 18.7 Å². The summed E-state index contributed by atoms with van der Waals surface area (Å²) in [5, 5.41) is 0. The molecule has 0 bridgehead atoms. The van der Waals surface area contributed by atoms with Gasteiger partial charge in [-0.1, -0.05) is 0 Å². The second kappa shape index (κ2) is 13.4. The zero-order valence-electron chi connectivity index (χ0n) is 21.5. The van der Waals surface area contributed by atoms with Crippen molar-refractivity contribution in [3.8, 4) is 0 Å². The van der Waals surface area contributed by atoms with E-state index < -0.39 is 32.5 Å². The first-order valence-electron chi connectivity index (χ1n) is 12.4. The third kappa shape index (κ3) is 12.0. The summed E-state index contributed by atoms with van der Waals surface area (Å²) < 4.78 is 24.8. The van der Waals surface area contributed by atoms with Crippen LogP contribution in [0, 0.1) is 0 Å². The molecule has 1 heterocycles. The van der Waals surface area contributed by atoms with Crippen LogP contribution in [-0.4, -0.2) is 44.6 Å². The van der Waals surface area contributed by atoms with Crippen molar-refractivity contribution in [2.24, 2.45) is 0 Å². The van der Waals surface area contributed by atoms with Gasteiger partial charge in [0.05, 0.1) is 0 Å². The molecule has 1 aliphatic rings. The van der Waals surface area contributed by atoms with Gasteiger partial charge in [-0.2, -0.15) is 0 Å². The Bertz CT molecular complexity index is 585. The molecule has 0 amide bonds. The van der Waals surface area contributed by atoms with E-state index in [2.05, 4.69) is 50.6 Å². The summed E-state index contributed by atoms with van der Waals surface area (Å²) in [4.78, 5) is 12.0. The molecular weight excluding hydrogens is 511 g/mol. The Balaban J connectivity index is 3.14. The van der Waals surface area contributed by atoms with Gasteiger partial charge in [0.2, 0.25) is 0 Å². The number of unbranched alkanes of at least 4 members (excludes halogenated alkanes) is 3. The average Bonchev–Trinajstić information content (AvgIpc) is 2.64. The second-order valence-electron chi connectivity index (χ2n) is 10.5. The van der Waals surface area contributed by atoms with Gasteiger partial charge in [-0.25, -0.2) is 0 Å². The van der Waals surface area contributed by atoms with Gasteiger partial charge in [0.25, 0.3) is 0 Å². The summed E-state index contributed by atoms with van der Waals surface area (Å²) in [6.45, 7) is 17.2. The Morgan fingerprint density at radius 3 is 1.94 bits per heavy atom. The maximum atomic E-state index is 12.0. The molecule has 0 aromatic rings. The van der Waals surface area contributed by atoms with E-state index in [0.717, 1.165) is 0 Å². The molecule has 1 rings (SSSR count). The number of ether oxygens (including phenoxy) is 2. The van der Waals surface area contributed by atoms with Crippen molar-refractivity contribution in [3.05, 3.63) is 22.0 Å². The van der Waals surface area contributed by atoms with Crippen LogP contribution >= 0.6 is 0 Å². The molecule has 0 saturated carbocycles. The number of carbonyl (C=O) groups is 1. The van der Waals surface area contributed by atoms with Crippen molar-refractivity contribution in [2.75, 3.05) is 0 Å². The van der Waals surface area contributed by atoms with Crippen molar-refractivity contribution in [1.29, 1.82) is 0 Å². The molecule has 0 spiro atoms. The zero-order valence-corrected chi connectivity index (χ0v) is 25.4. The Labute approximate surface area is 197 Å². The number of rotatable bonds is 15. The fourth-order valence-electron chi connectivity index (χ4n) is 4.19. The van der Waals surface area contributed by atoms with Crippen LogP contribution in [0.3, 0.4) is 0 Å². The van der Waals surface area contributed by atoms with Crippen LogP contribution in [0.2, 0.25) is 33.0 Å². The number of hydrogen-bond donors (Lipinski definition) is 0. The second-order valence-corrected chi connectivity index (χ2v) is 28.0. The molecule has 31 heavy (non-hydrogen) atoms. The summed E-state index contributed by atoms with van der Waals surface area (Å²) in [5.41, 5.74) is 0. The Kier molecular flexibility index (Phi) is 12.5. The van der Waals surface area contributed by atoms with Crippen molar-refractivity contribution in [1.82, 2.24) is 0 Å². The van der Waals surface area contributed by atoms with Gasteiger partial charge in [0.1, 0.15) is 0 Å². The molecule has 1 atom stereocenters. The van der Waals surface area contributed by atoms with Crippen LogP contribution in [0.1, 0.15) is 79.6 Å². The van der Waals surface area contributed by atoms with Crippen molar-refractivity contribution < 1.29 is 18.7 Å². The first-order valence-corrected chi connectivity index (χ1v) is 23.5. The van der Waals surface area contributed by atoms with E-state index in [1.54, 1.807) is 13.8 Å². The summed E-state index contributed by atoms with van der Waals surface area (Å²) in [5.74, 6) is -0.573. The number of esters is 1. The molecule has 0 N–H and O–H groups in total. The monoisotopic (exact) mass is 560 g/mol. The van der Waals surface area contributed by atoms with Gasteiger partial charge >= 0.3 is 198 Å². The minimum atomic E-state index is -2.39. The molecule has 0 aliphatic carbocycles. The van der Waals surface area contributed by atoms with Crippen LogP contribution < -0.4 is 0 Å². The van der Waals surface area contributed by atoms with Gasteiger partial charge < -0.3 is 0 Å². The third-order valence-electron chi connectivity index (χ3n) is 5.66. The molecule has 0 aromatic carbocycles. The van der Waals surface area contributed by atoms with E-state index >= 15 is 0 Å². The summed E-state index contributed by atoms with van der Waals surface area (Å²) in [6.07, 6.45) is 12.3. The molecule has 6 heteroatoms. The van der Waals surface area contributed by atoms with Crippen LogP contribution in [0.5, 0.6) is 0 Å². The molecule has 1 aliphatic heterocycles. The van der Waals surface area contributed by atoms with Gasteiger partial charge in [0, 0.05) is 0 Å². The Morgan fingerprint density at radius 1 is 1.00 bits per heavy atom. The Morgan fingerprint density at radius 2 is 1.52 bits per heavy atom. The van der Waals surface area contributed by atoms with Crippen molar-refractivity contribution >= 4 is 32.7 Å². The fraction of sp³-hybridized carbons (Fsp3) is 0.800. The first kappa shape index (κ1) is 28.8. The predicted molar refractivity (Wildman–Crippen MR) is 136 cm³/mol. The first-order chi connectivity index (χ1) is 14.4. The van der Waals surface area contributed by atoms with E-state index in [0.29, 0.717) is 12.2 Å². The molecule has 0 unspecified atom stereocenters. The SMILES string of the molecule is CCC[CH2][Sn](/[CH]=C/[C@@H](CC1=CC(=O)OC(C)(C)O1)O[Si](C)(C)C)([CH2]CCC)[CH2]CCC. The fourth-order valence-corrected chi connectivity index (χ4v) is 19.7. The number of cyclic esters (lactones) is 1. The summed E-state index contributed by atoms with van der Waals surface area (Å²) in [7, 11) is -1.76. The summed E-state index contributed by atoms with van der Waals surface area (Å²) in [6, 6.07) is 0. The average molecular weight is 559 g/mol. The topological polar surface area (TPSA) is 44.8 Å². The zero-order chi connectivity index (χ0) is 23.5. The van der Waals surface area contributed by atoms with E-state index in [4.69, 9.17) is 13.9 Å². The molecule has 0 fully saturated rings. The number of hydrogen-bond acceptors (Lipinski definition) is 4. The molecule has 0 saturated heterocycles. The van der Waals surface area contributed by atoms with Gasteiger partial charge in [-0.15, -0.1) is 0 Å². The van der Waals surface area contributed by atoms with Crippen LogP contribution in [0.15, 0.2) is 22.0 Å². The normalized spacial score (nSPS) is 17.9. The molecular formula is C25H48O4SiSn. The molecule has 0 aromatic heterocycles. The van der Waals surface area contributed by atoms with E-state index in [1.807, 2.05) is 0 Å². The third-order valence-corrected chi connectivity index (χ3v) is 20.8. The van der Waals surface area contributed by atoms with Gasteiger partial charge in [-0.05, 0) is 0 Å². The van der Waals surface area contributed by atoms with Gasteiger partial charge in [-0.3, -0.25) is 0 Å². The number of carbonyl (C=O) groups excluding carboxylic acids is 1. The quantitative estimate of drug-likeness (QED) is 0.152. The van der Waals surface area contributed by atoms with Crippen LogP contribution in [0.4, 0.5) is 0 Å². The van der Waals surface area contributed by atoms with E-state index in [1.165, 1.54) is 57.9 Å². The van der Waals surface area contributed by atoms with Crippen molar-refractivity contribution in [2.45, 2.75) is 124 Å². The maximum absolute atomic E-state index is 12.0. The van der Waals surface area contributed by atoms with Gasteiger partial charge in [0.15, 0.2) is 0 Å². The Hall–Kier alpha value is -0.274. The van der Waals surface area contributed by atoms with Crippen molar-refractivity contribution in [3.63, 3.8) is 0 Å². The summed E-state index contributed by atoms with van der Waals surface area (Å²) >= 11 is -2.39. The molecule has 0 radical (unpaired) electrons. The van der Waals surface area contributed by atoms with E-state index in [9.17, 15) is 4.79 Å². The predicted octanol–water partition coefficient (Wildman–Crippen LogP) is 7.73. The standard InChI is InChI=1S/C13H21O4Si.3C4H9.Sn/c1-7-10(17-18(4,5)6)8-11-9-12(14)16-13(2,3)15-11;3*1-3-4-2;/h1,7,9-10H,8H2,2-6H3;3*1,3-4H2,2H3;/t10-;;;;/m0..../s1. The molecule has 4 nitrogen and oxygen atoms in total. The van der Waals surface area contributed by atoms with Crippen LogP contribution in [0.25, 0.3) is 0 Å². The van der Waals surface area contributed by atoms with E-state index in [-0.39, 0.29) is 12.1 Å². The molecule has 180 valence electrons.